The number of nitrogens with one attached hydrogen (secondary N) is 1. The van der Waals surface area contributed by atoms with E-state index in [1.807, 2.05) is 24.3 Å². The highest BCUT2D eigenvalue weighted by Crippen LogP contribution is 2.44. The van der Waals surface area contributed by atoms with Gasteiger partial charge in [-0.05, 0) is 41.0 Å². The average molecular weight is 479 g/mol. The molecule has 2 aliphatic carbocycles. The second-order valence-electron chi connectivity index (χ2n) is 9.76. The Morgan fingerprint density at radius 2 is 1.66 bits per heavy atom. The van der Waals surface area contributed by atoms with Gasteiger partial charge in [-0.2, -0.15) is 0 Å². The molecular formula is C27H30N2O6. The summed E-state index contributed by atoms with van der Waals surface area (Å²) in [4.78, 5) is 38.5. The Labute approximate surface area is 203 Å². The summed E-state index contributed by atoms with van der Waals surface area (Å²) >= 11 is 0. The Balaban J connectivity index is 1.23. The van der Waals surface area contributed by atoms with E-state index in [0.717, 1.165) is 41.5 Å². The summed E-state index contributed by atoms with van der Waals surface area (Å²) in [6.07, 6.45) is 1.41. The molecule has 1 heterocycles. The molecule has 0 aromatic heterocycles. The molecule has 35 heavy (non-hydrogen) atoms. The molecule has 1 aliphatic heterocycles. The maximum absolute atomic E-state index is 12.9. The van der Waals surface area contributed by atoms with E-state index < -0.39 is 30.3 Å². The lowest BCUT2D eigenvalue weighted by Crippen LogP contribution is -2.48. The van der Waals surface area contributed by atoms with E-state index in [1.165, 1.54) is 4.90 Å². The summed E-state index contributed by atoms with van der Waals surface area (Å²) in [6.45, 7) is 0.183. The predicted octanol–water partition coefficient (Wildman–Crippen LogP) is 3.13. The van der Waals surface area contributed by atoms with Crippen LogP contribution in [0.4, 0.5) is 4.79 Å². The number of hydrogen-bond donors (Lipinski definition) is 3. The van der Waals surface area contributed by atoms with E-state index in [1.54, 1.807) is 0 Å². The van der Waals surface area contributed by atoms with Crippen LogP contribution in [0.25, 0.3) is 11.1 Å². The summed E-state index contributed by atoms with van der Waals surface area (Å²) < 4.78 is 5.66. The fourth-order valence-electron chi connectivity index (χ4n) is 5.60. The molecule has 0 bridgehead atoms. The SMILES string of the molecule is O=C(NC(CC(=O)N1CC(O)C[C@H]1C(=O)O)C1CCC1)OCC1c2ccccc2-c2ccccc21. The lowest BCUT2D eigenvalue weighted by atomic mass is 9.78. The molecule has 2 amide bonds. The number of likely N-dealkylation sites (tertiary alicyclic amines) is 1. The molecule has 2 unspecified atom stereocenters. The number of aliphatic hydroxyl groups excluding tert-OH is 1. The Morgan fingerprint density at radius 3 is 2.23 bits per heavy atom. The summed E-state index contributed by atoms with van der Waals surface area (Å²) in [7, 11) is 0. The van der Waals surface area contributed by atoms with Gasteiger partial charge in [-0.3, -0.25) is 4.79 Å². The van der Waals surface area contributed by atoms with Gasteiger partial charge in [0.15, 0.2) is 0 Å². The van der Waals surface area contributed by atoms with Crippen LogP contribution < -0.4 is 5.32 Å². The van der Waals surface area contributed by atoms with Crippen LogP contribution in [-0.4, -0.2) is 64.4 Å². The first kappa shape index (κ1) is 23.4. The van der Waals surface area contributed by atoms with Crippen LogP contribution in [0.3, 0.4) is 0 Å². The highest BCUT2D eigenvalue weighted by molar-refractivity contribution is 5.85. The minimum atomic E-state index is -1.13. The highest BCUT2D eigenvalue weighted by Gasteiger charge is 2.41. The van der Waals surface area contributed by atoms with Crippen LogP contribution in [0.5, 0.6) is 0 Å². The molecular weight excluding hydrogens is 448 g/mol. The maximum atomic E-state index is 12.9. The third kappa shape index (κ3) is 4.62. The molecule has 2 fully saturated rings. The molecule has 3 N–H and O–H groups in total. The number of hydrogen-bond acceptors (Lipinski definition) is 5. The van der Waals surface area contributed by atoms with Crippen LogP contribution in [-0.2, 0) is 14.3 Å². The van der Waals surface area contributed by atoms with Gasteiger partial charge in [0.2, 0.25) is 5.91 Å². The van der Waals surface area contributed by atoms with Crippen LogP contribution in [0.1, 0.15) is 49.1 Å². The monoisotopic (exact) mass is 478 g/mol. The zero-order valence-electron chi connectivity index (χ0n) is 19.4. The molecule has 2 aromatic carbocycles. The van der Waals surface area contributed by atoms with Crippen molar-refractivity contribution in [1.29, 1.82) is 0 Å². The number of benzene rings is 2. The van der Waals surface area contributed by atoms with Crippen molar-refractivity contribution >= 4 is 18.0 Å². The van der Waals surface area contributed by atoms with E-state index in [0.29, 0.717) is 0 Å². The Hall–Kier alpha value is -3.39. The fourth-order valence-corrected chi connectivity index (χ4v) is 5.60. The zero-order chi connectivity index (χ0) is 24.5. The van der Waals surface area contributed by atoms with Crippen molar-refractivity contribution in [1.82, 2.24) is 10.2 Å². The lowest BCUT2D eigenvalue weighted by Gasteiger charge is -2.35. The zero-order valence-corrected chi connectivity index (χ0v) is 19.4. The molecule has 8 nitrogen and oxygen atoms in total. The number of alkyl carbamates (subject to hydrolysis) is 1. The molecule has 184 valence electrons. The largest absolute Gasteiger partial charge is 0.480 e. The van der Waals surface area contributed by atoms with Crippen molar-refractivity contribution in [2.45, 2.75) is 56.2 Å². The number of amides is 2. The number of carboxylic acids is 1. The van der Waals surface area contributed by atoms with Crippen molar-refractivity contribution in [3.63, 3.8) is 0 Å². The van der Waals surface area contributed by atoms with Gasteiger partial charge in [0.25, 0.3) is 0 Å². The number of carbonyl (C=O) groups is 3. The van der Waals surface area contributed by atoms with Gasteiger partial charge in [-0.25, -0.2) is 9.59 Å². The lowest BCUT2D eigenvalue weighted by molar-refractivity contribution is -0.148. The Bertz CT molecular complexity index is 1080. The number of rotatable bonds is 7. The van der Waals surface area contributed by atoms with Gasteiger partial charge < -0.3 is 25.2 Å². The number of aliphatic carboxylic acids is 1. The molecule has 2 aromatic rings. The van der Waals surface area contributed by atoms with Crippen molar-refractivity contribution in [2.24, 2.45) is 5.92 Å². The number of ether oxygens (including phenoxy) is 1. The summed E-state index contributed by atoms with van der Waals surface area (Å²) in [5, 5.41) is 22.2. The average Bonchev–Trinajstić information content (AvgIpc) is 3.35. The number of β-amino-alcohol motifs (C(OH)–C–C–N with tert-alkyl or cyclic N) is 1. The van der Waals surface area contributed by atoms with Crippen molar-refractivity contribution in [3.05, 3.63) is 59.7 Å². The predicted molar refractivity (Wildman–Crippen MR) is 128 cm³/mol. The van der Waals surface area contributed by atoms with E-state index in [2.05, 4.69) is 29.6 Å². The Morgan fingerprint density at radius 1 is 1.03 bits per heavy atom. The van der Waals surface area contributed by atoms with Crippen molar-refractivity contribution < 1.29 is 29.3 Å². The Kier molecular flexibility index (Phi) is 6.47. The quantitative estimate of drug-likeness (QED) is 0.563. The number of nitrogens with zero attached hydrogens (tertiary/aromatic N) is 1. The van der Waals surface area contributed by atoms with E-state index in [9.17, 15) is 24.6 Å². The van der Waals surface area contributed by atoms with Crippen LogP contribution in [0.15, 0.2) is 48.5 Å². The topological polar surface area (TPSA) is 116 Å². The number of carboxylic acid groups (broad SMARTS) is 1. The molecule has 8 heteroatoms. The van der Waals surface area contributed by atoms with Crippen LogP contribution in [0, 0.1) is 5.92 Å². The highest BCUT2D eigenvalue weighted by atomic mass is 16.5. The van der Waals surface area contributed by atoms with E-state index in [4.69, 9.17) is 4.74 Å². The molecule has 0 spiro atoms. The van der Waals surface area contributed by atoms with Gasteiger partial charge in [-0.15, -0.1) is 0 Å². The first-order chi connectivity index (χ1) is 16.9. The van der Waals surface area contributed by atoms with Crippen molar-refractivity contribution in [3.8, 4) is 11.1 Å². The van der Waals surface area contributed by atoms with Gasteiger partial charge in [0, 0.05) is 31.3 Å². The number of fused-ring (bicyclic) bond motifs is 3. The third-order valence-electron chi connectivity index (χ3n) is 7.64. The molecule has 1 saturated carbocycles. The van der Waals surface area contributed by atoms with Crippen molar-refractivity contribution in [2.75, 3.05) is 13.2 Å². The third-order valence-corrected chi connectivity index (χ3v) is 7.64. The second-order valence-corrected chi connectivity index (χ2v) is 9.76. The molecule has 0 radical (unpaired) electrons. The minimum Gasteiger partial charge on any atom is -0.480 e. The normalized spacial score (nSPS) is 22.1. The molecule has 5 rings (SSSR count). The van der Waals surface area contributed by atoms with Crippen LogP contribution >= 0.6 is 0 Å². The summed E-state index contributed by atoms with van der Waals surface area (Å²) in [5.41, 5.74) is 4.55. The van der Waals surface area contributed by atoms with Gasteiger partial charge in [0.05, 0.1) is 6.10 Å². The molecule has 1 saturated heterocycles. The first-order valence-corrected chi connectivity index (χ1v) is 12.2. The van der Waals surface area contributed by atoms with Gasteiger partial charge >= 0.3 is 12.1 Å². The standard InChI is InChI=1S/C27H30N2O6/c30-17-12-24(26(32)33)29(14-17)25(31)13-23(16-6-5-7-16)28-27(34)35-15-22-20-10-3-1-8-18(20)19-9-2-4-11-21(19)22/h1-4,8-11,16-17,22-24,30H,5-7,12-15H2,(H,28,34)(H,32,33)/t17?,23?,24-/m0/s1. The smallest absolute Gasteiger partial charge is 0.407 e. The first-order valence-electron chi connectivity index (χ1n) is 12.2. The van der Waals surface area contributed by atoms with Gasteiger partial charge in [-0.1, -0.05) is 55.0 Å². The van der Waals surface area contributed by atoms with Gasteiger partial charge in [0.1, 0.15) is 12.6 Å². The second kappa shape index (κ2) is 9.70. The molecule has 3 aliphatic rings. The van der Waals surface area contributed by atoms with E-state index in [-0.39, 0.29) is 43.7 Å². The van der Waals surface area contributed by atoms with Crippen LogP contribution in [0.2, 0.25) is 0 Å². The molecule has 3 atom stereocenters. The minimum absolute atomic E-state index is 0.00185. The fraction of sp³-hybridized carbons (Fsp3) is 0.444. The number of aliphatic hydroxyl groups is 1. The maximum Gasteiger partial charge on any atom is 0.407 e. The van der Waals surface area contributed by atoms with E-state index >= 15 is 0 Å². The summed E-state index contributed by atoms with van der Waals surface area (Å²) in [5.74, 6) is -1.40. The number of carbonyl (C=O) groups excluding carboxylic acids is 2. The summed E-state index contributed by atoms with van der Waals surface area (Å²) in [6, 6.07) is 14.8.